The second-order valence-electron chi connectivity index (χ2n) is 5.61. The predicted molar refractivity (Wildman–Crippen MR) is 85.8 cm³/mol. The molecule has 9 heteroatoms. The van der Waals surface area contributed by atoms with E-state index in [1.54, 1.807) is 17.5 Å². The van der Waals surface area contributed by atoms with E-state index in [1.165, 1.54) is 23.5 Å². The molecule has 1 aromatic heterocycles. The second kappa shape index (κ2) is 6.00. The molecule has 0 radical (unpaired) electrons. The van der Waals surface area contributed by atoms with E-state index in [4.69, 9.17) is 5.11 Å². The molecule has 1 heterocycles. The number of thiazole rings is 1. The molecule has 0 spiro atoms. The van der Waals surface area contributed by atoms with Gasteiger partial charge in [-0.2, -0.15) is 0 Å². The number of benzene rings is 1. The summed E-state index contributed by atoms with van der Waals surface area (Å²) in [5, 5.41) is 24.5. The van der Waals surface area contributed by atoms with Crippen LogP contribution in [0.25, 0.3) is 10.6 Å². The number of nitro benzene ring substituents is 1. The van der Waals surface area contributed by atoms with Gasteiger partial charge in [-0.15, -0.1) is 11.3 Å². The Morgan fingerprint density at radius 1 is 1.33 bits per heavy atom. The fourth-order valence-electron chi connectivity index (χ4n) is 2.19. The molecule has 8 nitrogen and oxygen atoms in total. The van der Waals surface area contributed by atoms with Crippen LogP contribution in [-0.4, -0.2) is 33.4 Å². The Morgan fingerprint density at radius 3 is 2.54 bits per heavy atom. The summed E-state index contributed by atoms with van der Waals surface area (Å²) < 4.78 is 0. The largest absolute Gasteiger partial charge is 0.481 e. The molecule has 2 aromatic rings. The molecule has 1 saturated carbocycles. The number of carbonyl (C=O) groups excluding carboxylic acids is 1. The number of non-ortho nitro benzene ring substituents is 1. The van der Waals surface area contributed by atoms with Gasteiger partial charge < -0.3 is 10.4 Å². The molecule has 1 aliphatic carbocycles. The standard InChI is InChI=1S/C15H13N3O5S/c19-12(16-8-15(5-6-15)14(20)21)11-7-24-13(17-11)9-1-3-10(4-2-9)18(22)23/h1-4,7H,5-6,8H2,(H,16,19)(H,20,21). The van der Waals surface area contributed by atoms with Crippen molar-refractivity contribution in [1.82, 2.24) is 10.3 Å². The number of amides is 1. The molecule has 2 N–H and O–H groups in total. The lowest BCUT2D eigenvalue weighted by Gasteiger charge is -2.09. The zero-order valence-electron chi connectivity index (χ0n) is 12.4. The van der Waals surface area contributed by atoms with Crippen LogP contribution in [-0.2, 0) is 4.79 Å². The highest BCUT2D eigenvalue weighted by Crippen LogP contribution is 2.45. The summed E-state index contributed by atoms with van der Waals surface area (Å²) in [6.45, 7) is 0.0888. The van der Waals surface area contributed by atoms with Crippen LogP contribution < -0.4 is 5.32 Å². The van der Waals surface area contributed by atoms with Crippen molar-refractivity contribution < 1.29 is 19.6 Å². The summed E-state index contributed by atoms with van der Waals surface area (Å²) in [5.74, 6) is -1.32. The third-order valence-corrected chi connectivity index (χ3v) is 4.85. The Balaban J connectivity index is 1.67. The maximum Gasteiger partial charge on any atom is 0.311 e. The smallest absolute Gasteiger partial charge is 0.311 e. The molecule has 24 heavy (non-hydrogen) atoms. The van der Waals surface area contributed by atoms with Crippen molar-refractivity contribution in [2.75, 3.05) is 6.54 Å². The first-order valence-corrected chi connectivity index (χ1v) is 8.01. The number of carboxylic acid groups (broad SMARTS) is 1. The molecule has 0 aliphatic heterocycles. The lowest BCUT2D eigenvalue weighted by Crippen LogP contribution is -2.34. The summed E-state index contributed by atoms with van der Waals surface area (Å²) in [4.78, 5) is 37.5. The zero-order valence-corrected chi connectivity index (χ0v) is 13.2. The Labute approximate surface area is 140 Å². The highest BCUT2D eigenvalue weighted by atomic mass is 32.1. The van der Waals surface area contributed by atoms with Gasteiger partial charge >= 0.3 is 5.97 Å². The van der Waals surface area contributed by atoms with E-state index in [0.717, 1.165) is 0 Å². The molecular weight excluding hydrogens is 334 g/mol. The monoisotopic (exact) mass is 347 g/mol. The highest BCUT2D eigenvalue weighted by molar-refractivity contribution is 7.13. The zero-order chi connectivity index (χ0) is 17.3. The van der Waals surface area contributed by atoms with Gasteiger partial charge in [0.2, 0.25) is 0 Å². The maximum atomic E-state index is 12.1. The highest BCUT2D eigenvalue weighted by Gasteiger charge is 2.50. The van der Waals surface area contributed by atoms with Gasteiger partial charge in [0.1, 0.15) is 10.7 Å². The third kappa shape index (κ3) is 3.11. The molecule has 0 saturated heterocycles. The summed E-state index contributed by atoms with van der Waals surface area (Å²) in [6, 6.07) is 5.89. The van der Waals surface area contributed by atoms with Crippen LogP contribution in [0.2, 0.25) is 0 Å². The molecular formula is C15H13N3O5S. The van der Waals surface area contributed by atoms with E-state index in [-0.39, 0.29) is 17.9 Å². The van der Waals surface area contributed by atoms with Gasteiger partial charge in [-0.1, -0.05) is 0 Å². The quantitative estimate of drug-likeness (QED) is 0.611. The van der Waals surface area contributed by atoms with Crippen molar-refractivity contribution in [3.63, 3.8) is 0 Å². The molecule has 0 atom stereocenters. The Kier molecular flexibility index (Phi) is 4.02. The van der Waals surface area contributed by atoms with Gasteiger partial charge in [0.05, 0.1) is 10.3 Å². The Morgan fingerprint density at radius 2 is 2.00 bits per heavy atom. The van der Waals surface area contributed by atoms with E-state index in [9.17, 15) is 19.7 Å². The van der Waals surface area contributed by atoms with Gasteiger partial charge in [-0.25, -0.2) is 4.98 Å². The molecule has 1 aromatic carbocycles. The second-order valence-corrected chi connectivity index (χ2v) is 6.47. The molecule has 0 bridgehead atoms. The molecule has 1 fully saturated rings. The lowest BCUT2D eigenvalue weighted by atomic mass is 10.1. The lowest BCUT2D eigenvalue weighted by molar-refractivity contribution is -0.384. The van der Waals surface area contributed by atoms with Crippen molar-refractivity contribution in [2.45, 2.75) is 12.8 Å². The van der Waals surface area contributed by atoms with Crippen molar-refractivity contribution >= 4 is 28.9 Å². The van der Waals surface area contributed by atoms with Crippen molar-refractivity contribution in [3.05, 3.63) is 45.5 Å². The first kappa shape index (κ1) is 16.1. The van der Waals surface area contributed by atoms with Crippen LogP contribution in [0.5, 0.6) is 0 Å². The van der Waals surface area contributed by atoms with E-state index < -0.39 is 22.2 Å². The average molecular weight is 347 g/mol. The van der Waals surface area contributed by atoms with E-state index in [1.807, 2.05) is 0 Å². The van der Waals surface area contributed by atoms with Crippen LogP contribution in [0.15, 0.2) is 29.6 Å². The number of nitro groups is 1. The van der Waals surface area contributed by atoms with Crippen molar-refractivity contribution in [2.24, 2.45) is 5.41 Å². The van der Waals surface area contributed by atoms with Crippen LogP contribution in [0, 0.1) is 15.5 Å². The number of aromatic nitrogens is 1. The van der Waals surface area contributed by atoms with E-state index in [2.05, 4.69) is 10.3 Å². The summed E-state index contributed by atoms with van der Waals surface area (Å²) in [7, 11) is 0. The topological polar surface area (TPSA) is 122 Å². The Bertz CT molecular complexity index is 811. The Hall–Kier alpha value is -2.81. The number of aliphatic carboxylic acids is 1. The van der Waals surface area contributed by atoms with Gasteiger partial charge in [0.15, 0.2) is 0 Å². The van der Waals surface area contributed by atoms with Gasteiger partial charge in [0.25, 0.3) is 11.6 Å². The van der Waals surface area contributed by atoms with Crippen molar-refractivity contribution in [1.29, 1.82) is 0 Å². The molecule has 1 amide bonds. The fourth-order valence-corrected chi connectivity index (χ4v) is 3.00. The third-order valence-electron chi connectivity index (χ3n) is 3.96. The summed E-state index contributed by atoms with van der Waals surface area (Å²) in [5.41, 5.74) is 0.0347. The SMILES string of the molecule is O=C(NCC1(C(=O)O)CC1)c1csc(-c2ccc([N+](=O)[O-])cc2)n1. The first-order chi connectivity index (χ1) is 11.4. The fraction of sp³-hybridized carbons (Fsp3) is 0.267. The minimum absolute atomic E-state index is 0.0170. The van der Waals surface area contributed by atoms with Crippen LogP contribution >= 0.6 is 11.3 Å². The van der Waals surface area contributed by atoms with Gasteiger partial charge in [0, 0.05) is 29.6 Å². The van der Waals surface area contributed by atoms with Crippen molar-refractivity contribution in [3.8, 4) is 10.6 Å². The number of nitrogens with one attached hydrogen (secondary N) is 1. The summed E-state index contributed by atoms with van der Waals surface area (Å²) >= 11 is 1.24. The number of carboxylic acids is 1. The average Bonchev–Trinajstić information content (AvgIpc) is 3.21. The van der Waals surface area contributed by atoms with E-state index in [0.29, 0.717) is 23.4 Å². The van der Waals surface area contributed by atoms with Gasteiger partial charge in [-0.3, -0.25) is 19.7 Å². The van der Waals surface area contributed by atoms with Gasteiger partial charge in [-0.05, 0) is 25.0 Å². The van der Waals surface area contributed by atoms with Crippen LogP contribution in [0.4, 0.5) is 5.69 Å². The van der Waals surface area contributed by atoms with Crippen LogP contribution in [0.1, 0.15) is 23.3 Å². The maximum absolute atomic E-state index is 12.1. The summed E-state index contributed by atoms with van der Waals surface area (Å²) in [6.07, 6.45) is 1.13. The molecule has 1 aliphatic rings. The minimum atomic E-state index is -0.896. The number of nitrogens with zero attached hydrogens (tertiary/aromatic N) is 2. The van der Waals surface area contributed by atoms with E-state index >= 15 is 0 Å². The minimum Gasteiger partial charge on any atom is -0.481 e. The number of carbonyl (C=O) groups is 2. The molecule has 0 unspecified atom stereocenters. The normalized spacial score (nSPS) is 14.8. The van der Waals surface area contributed by atoms with Crippen LogP contribution in [0.3, 0.4) is 0 Å². The molecule has 124 valence electrons. The number of rotatable bonds is 6. The molecule has 3 rings (SSSR count). The number of hydrogen-bond donors (Lipinski definition) is 2. The predicted octanol–water partition coefficient (Wildman–Crippen LogP) is 2.31. The number of hydrogen-bond acceptors (Lipinski definition) is 6. The first-order valence-electron chi connectivity index (χ1n) is 7.13.